The zero-order valence-electron chi connectivity index (χ0n) is 13.8. The Balaban J connectivity index is 3.17. The van der Waals surface area contributed by atoms with Gasteiger partial charge in [-0.1, -0.05) is 44.2 Å². The van der Waals surface area contributed by atoms with Gasteiger partial charge in [-0.25, -0.2) is 4.79 Å². The third-order valence-electron chi connectivity index (χ3n) is 3.31. The highest BCUT2D eigenvalue weighted by molar-refractivity contribution is 5.71. The van der Waals surface area contributed by atoms with E-state index in [4.69, 9.17) is 9.94 Å². The quantitative estimate of drug-likeness (QED) is 0.808. The smallest absolute Gasteiger partial charge is 0.334 e. The average molecular weight is 293 g/mol. The largest absolute Gasteiger partial charge is 0.479 e. The van der Waals surface area contributed by atoms with Crippen LogP contribution in [0, 0.1) is 5.92 Å². The molecule has 118 valence electrons. The molecule has 0 radical (unpaired) electrons. The van der Waals surface area contributed by atoms with Gasteiger partial charge in [0.1, 0.15) is 0 Å². The van der Waals surface area contributed by atoms with Gasteiger partial charge in [0.2, 0.25) is 0 Å². The van der Waals surface area contributed by atoms with Gasteiger partial charge in [-0.2, -0.15) is 5.06 Å². The van der Waals surface area contributed by atoms with Crippen LogP contribution in [0.15, 0.2) is 30.3 Å². The summed E-state index contributed by atoms with van der Waals surface area (Å²) in [6.07, 6.45) is -0.880. The Hall–Kier alpha value is -1.39. The summed E-state index contributed by atoms with van der Waals surface area (Å²) in [4.78, 5) is 16.9. The van der Waals surface area contributed by atoms with E-state index in [2.05, 4.69) is 26.0 Å². The SMILES string of the molecule is CC(ON(C(c1ccccc1)C(C)C)C(C)(C)C)C(=O)O. The van der Waals surface area contributed by atoms with Crippen LogP contribution in [0.3, 0.4) is 0 Å². The monoisotopic (exact) mass is 293 g/mol. The van der Waals surface area contributed by atoms with Crippen LogP contribution < -0.4 is 0 Å². The summed E-state index contributed by atoms with van der Waals surface area (Å²) in [5, 5.41) is 11.0. The Morgan fingerprint density at radius 2 is 1.67 bits per heavy atom. The molecule has 4 nitrogen and oxygen atoms in total. The van der Waals surface area contributed by atoms with E-state index < -0.39 is 12.1 Å². The molecule has 0 bridgehead atoms. The Morgan fingerprint density at radius 1 is 1.14 bits per heavy atom. The molecule has 0 saturated heterocycles. The standard InChI is InChI=1S/C17H27NO3/c1-12(2)15(14-10-8-7-9-11-14)18(17(4,5)6)21-13(3)16(19)20/h7-13,15H,1-6H3,(H,19,20). The van der Waals surface area contributed by atoms with Crippen LogP contribution in [-0.2, 0) is 9.63 Å². The Labute approximate surface area is 127 Å². The van der Waals surface area contributed by atoms with E-state index in [1.807, 2.05) is 44.0 Å². The van der Waals surface area contributed by atoms with Crippen molar-refractivity contribution in [2.45, 2.75) is 59.2 Å². The van der Waals surface area contributed by atoms with Crippen molar-refractivity contribution >= 4 is 5.97 Å². The summed E-state index contributed by atoms with van der Waals surface area (Å²) in [5.74, 6) is -0.674. The summed E-state index contributed by atoms with van der Waals surface area (Å²) in [6.45, 7) is 11.9. The van der Waals surface area contributed by atoms with Gasteiger partial charge in [0.05, 0.1) is 6.04 Å². The minimum Gasteiger partial charge on any atom is -0.479 e. The molecule has 21 heavy (non-hydrogen) atoms. The van der Waals surface area contributed by atoms with Crippen LogP contribution in [0.5, 0.6) is 0 Å². The molecule has 1 N–H and O–H groups in total. The second kappa shape index (κ2) is 7.05. The zero-order valence-corrected chi connectivity index (χ0v) is 13.8. The van der Waals surface area contributed by atoms with E-state index >= 15 is 0 Å². The number of carbonyl (C=O) groups is 1. The molecular weight excluding hydrogens is 266 g/mol. The van der Waals surface area contributed by atoms with Crippen molar-refractivity contribution in [1.82, 2.24) is 5.06 Å². The summed E-state index contributed by atoms with van der Waals surface area (Å²) in [6, 6.07) is 10.1. The van der Waals surface area contributed by atoms with Gasteiger partial charge in [-0.15, -0.1) is 0 Å². The maximum Gasteiger partial charge on any atom is 0.334 e. The van der Waals surface area contributed by atoms with E-state index in [9.17, 15) is 4.79 Å². The van der Waals surface area contributed by atoms with E-state index in [0.29, 0.717) is 0 Å². The van der Waals surface area contributed by atoms with Gasteiger partial charge in [0, 0.05) is 5.54 Å². The minimum absolute atomic E-state index is 0.00648. The second-order valence-corrected chi connectivity index (χ2v) is 6.68. The van der Waals surface area contributed by atoms with Gasteiger partial charge < -0.3 is 5.11 Å². The number of aliphatic carboxylic acids is 1. The summed E-state index contributed by atoms with van der Waals surface area (Å²) < 4.78 is 0. The van der Waals surface area contributed by atoms with Crippen molar-refractivity contribution in [3.63, 3.8) is 0 Å². The van der Waals surface area contributed by atoms with E-state index in [-0.39, 0.29) is 17.5 Å². The van der Waals surface area contributed by atoms with E-state index in [0.717, 1.165) is 5.56 Å². The molecule has 1 aromatic carbocycles. The summed E-state index contributed by atoms with van der Waals surface area (Å²) in [7, 11) is 0. The lowest BCUT2D eigenvalue weighted by atomic mass is 9.92. The molecule has 0 aliphatic carbocycles. The van der Waals surface area contributed by atoms with Crippen molar-refractivity contribution in [3.8, 4) is 0 Å². The number of hydroxylamine groups is 2. The first kappa shape index (κ1) is 17.7. The fourth-order valence-electron chi connectivity index (χ4n) is 2.30. The van der Waals surface area contributed by atoms with Crippen LogP contribution in [0.1, 0.15) is 53.1 Å². The molecule has 2 unspecified atom stereocenters. The van der Waals surface area contributed by atoms with Crippen molar-refractivity contribution in [3.05, 3.63) is 35.9 Å². The Morgan fingerprint density at radius 3 is 2.05 bits per heavy atom. The molecule has 0 heterocycles. The number of hydrogen-bond donors (Lipinski definition) is 1. The fourth-order valence-corrected chi connectivity index (χ4v) is 2.30. The molecule has 4 heteroatoms. The second-order valence-electron chi connectivity index (χ2n) is 6.68. The predicted octanol–water partition coefficient (Wildman–Crippen LogP) is 3.89. The molecule has 0 saturated carbocycles. The Bertz CT molecular complexity index is 451. The van der Waals surface area contributed by atoms with Crippen molar-refractivity contribution < 1.29 is 14.7 Å². The predicted molar refractivity (Wildman–Crippen MR) is 83.8 cm³/mol. The minimum atomic E-state index is -0.959. The summed E-state index contributed by atoms with van der Waals surface area (Å²) in [5.41, 5.74) is 0.814. The zero-order chi connectivity index (χ0) is 16.2. The van der Waals surface area contributed by atoms with Gasteiger partial charge in [-0.05, 0) is 39.2 Å². The van der Waals surface area contributed by atoms with Gasteiger partial charge in [0.15, 0.2) is 6.10 Å². The normalized spacial score (nSPS) is 15.2. The van der Waals surface area contributed by atoms with Gasteiger partial charge in [0.25, 0.3) is 0 Å². The molecule has 0 spiro atoms. The highest BCUT2D eigenvalue weighted by Crippen LogP contribution is 2.34. The molecular formula is C17H27NO3. The van der Waals surface area contributed by atoms with Crippen LogP contribution in [-0.4, -0.2) is 27.8 Å². The Kier molecular flexibility index (Phi) is 5.93. The molecule has 0 fully saturated rings. The number of rotatable bonds is 6. The summed E-state index contributed by atoms with van der Waals surface area (Å²) >= 11 is 0. The maximum atomic E-state index is 11.1. The van der Waals surface area contributed by atoms with E-state index in [1.54, 1.807) is 6.92 Å². The molecule has 1 rings (SSSR count). The molecule has 2 atom stereocenters. The van der Waals surface area contributed by atoms with Gasteiger partial charge >= 0.3 is 5.97 Å². The molecule has 0 aliphatic heterocycles. The fraction of sp³-hybridized carbons (Fsp3) is 0.588. The highest BCUT2D eigenvalue weighted by Gasteiger charge is 2.35. The molecule has 0 aliphatic rings. The number of nitrogens with zero attached hydrogens (tertiary/aromatic N) is 1. The number of benzene rings is 1. The van der Waals surface area contributed by atoms with Crippen LogP contribution >= 0.6 is 0 Å². The lowest BCUT2D eigenvalue weighted by Gasteiger charge is -2.43. The molecule has 0 amide bonds. The lowest BCUT2D eigenvalue weighted by molar-refractivity contribution is -0.269. The first-order valence-corrected chi connectivity index (χ1v) is 7.38. The van der Waals surface area contributed by atoms with Crippen LogP contribution in [0.4, 0.5) is 0 Å². The van der Waals surface area contributed by atoms with E-state index in [1.165, 1.54) is 0 Å². The third kappa shape index (κ3) is 4.83. The highest BCUT2D eigenvalue weighted by atomic mass is 16.7. The average Bonchev–Trinajstić information content (AvgIpc) is 2.37. The van der Waals surface area contributed by atoms with Crippen molar-refractivity contribution in [2.75, 3.05) is 0 Å². The number of carboxylic acids is 1. The topological polar surface area (TPSA) is 49.8 Å². The number of carboxylic acid groups (broad SMARTS) is 1. The number of hydrogen-bond acceptors (Lipinski definition) is 3. The van der Waals surface area contributed by atoms with Gasteiger partial charge in [-0.3, -0.25) is 4.84 Å². The maximum absolute atomic E-state index is 11.1. The first-order chi connectivity index (χ1) is 9.64. The first-order valence-electron chi connectivity index (χ1n) is 7.38. The molecule has 0 aromatic heterocycles. The van der Waals surface area contributed by atoms with Crippen LogP contribution in [0.2, 0.25) is 0 Å². The molecule has 1 aromatic rings. The van der Waals surface area contributed by atoms with Crippen molar-refractivity contribution in [2.24, 2.45) is 5.92 Å². The van der Waals surface area contributed by atoms with Crippen LogP contribution in [0.25, 0.3) is 0 Å². The van der Waals surface area contributed by atoms with Crippen molar-refractivity contribution in [1.29, 1.82) is 0 Å². The lowest BCUT2D eigenvalue weighted by Crippen LogP contribution is -2.48. The third-order valence-corrected chi connectivity index (χ3v) is 3.31.